The second-order valence-corrected chi connectivity index (χ2v) is 12.7. The van der Waals surface area contributed by atoms with Gasteiger partial charge in [-0.2, -0.15) is 0 Å². The Morgan fingerprint density at radius 3 is 1.45 bits per heavy atom. The van der Waals surface area contributed by atoms with Crippen molar-refractivity contribution in [2.75, 3.05) is 0 Å². The number of fused-ring (bicyclic) bond motifs is 6. The number of benzene rings is 7. The van der Waals surface area contributed by atoms with Crippen LogP contribution < -0.4 is 0 Å². The average molecular weight is 657 g/mol. The Morgan fingerprint density at radius 1 is 0.373 bits per heavy atom. The summed E-state index contributed by atoms with van der Waals surface area (Å²) in [5.41, 5.74) is 9.30. The maximum atomic E-state index is 7.81. The summed E-state index contributed by atoms with van der Waals surface area (Å²) in [7, 11) is 0. The fourth-order valence-electron chi connectivity index (χ4n) is 7.33. The summed E-state index contributed by atoms with van der Waals surface area (Å²) in [5, 5.41) is 4.79. The van der Waals surface area contributed by atoms with Crippen LogP contribution in [-0.4, -0.2) is 24.1 Å². The van der Waals surface area contributed by atoms with Crippen molar-refractivity contribution in [3.8, 4) is 45.5 Å². The predicted molar refractivity (Wildman–Crippen MR) is 210 cm³/mol. The molecule has 0 amide bonds. The van der Waals surface area contributed by atoms with Crippen LogP contribution in [0.5, 0.6) is 0 Å². The average Bonchev–Trinajstić information content (AvgIpc) is 3.73. The van der Waals surface area contributed by atoms with Gasteiger partial charge in [-0.3, -0.25) is 0 Å². The molecule has 0 aliphatic rings. The van der Waals surface area contributed by atoms with Crippen LogP contribution >= 0.6 is 0 Å². The molecule has 0 unspecified atom stereocenters. The standard InChI is InChI=1S/C46H31N5/c1-30-22-24-32(25-23-30)45-47-44(31-12-3-2-4-13-31)48-46(49-45)33-14-11-15-34(28-33)50-42-21-10-7-18-38(42)39-29-35(26-27-43(39)50)51-40-19-8-5-16-36(40)37-17-6-9-20-41(37)51/h2-29H,1H3/i1D3. The summed E-state index contributed by atoms with van der Waals surface area (Å²) in [6, 6.07) is 57.3. The molecule has 0 N–H and O–H groups in total. The van der Waals surface area contributed by atoms with E-state index in [4.69, 9.17) is 19.1 Å². The minimum atomic E-state index is -2.20. The number of aryl methyl sites for hydroxylation is 1. The molecule has 10 rings (SSSR count). The number of aromatic nitrogens is 5. The highest BCUT2D eigenvalue weighted by atomic mass is 15.0. The van der Waals surface area contributed by atoms with Gasteiger partial charge in [0.1, 0.15) is 0 Å². The molecule has 0 saturated carbocycles. The third kappa shape index (κ3) is 4.82. The minimum absolute atomic E-state index is 0.268. The van der Waals surface area contributed by atoms with Crippen molar-refractivity contribution in [2.45, 2.75) is 6.85 Å². The van der Waals surface area contributed by atoms with E-state index in [0.717, 1.165) is 44.3 Å². The first kappa shape index (κ1) is 26.1. The molecule has 0 saturated heterocycles. The lowest BCUT2D eigenvalue weighted by Crippen LogP contribution is -2.01. The molecule has 0 bridgehead atoms. The van der Waals surface area contributed by atoms with E-state index in [0.29, 0.717) is 23.0 Å². The molecular formula is C46H31N5. The summed E-state index contributed by atoms with van der Waals surface area (Å²) in [6.07, 6.45) is 0. The summed E-state index contributed by atoms with van der Waals surface area (Å²) < 4.78 is 28.1. The summed E-state index contributed by atoms with van der Waals surface area (Å²) in [4.78, 5) is 14.8. The Bertz CT molecular complexity index is 2980. The molecule has 0 atom stereocenters. The fourth-order valence-corrected chi connectivity index (χ4v) is 7.33. The number of hydrogen-bond acceptors (Lipinski definition) is 3. The number of nitrogens with zero attached hydrogens (tertiary/aromatic N) is 5. The lowest BCUT2D eigenvalue weighted by molar-refractivity contribution is 1.07. The monoisotopic (exact) mass is 656 g/mol. The van der Waals surface area contributed by atoms with Gasteiger partial charge in [-0.1, -0.05) is 127 Å². The maximum absolute atomic E-state index is 7.81. The first-order valence-corrected chi connectivity index (χ1v) is 17.0. The van der Waals surface area contributed by atoms with E-state index in [1.165, 1.54) is 21.8 Å². The molecule has 51 heavy (non-hydrogen) atoms. The number of rotatable bonds is 5. The lowest BCUT2D eigenvalue weighted by atomic mass is 10.1. The van der Waals surface area contributed by atoms with Gasteiger partial charge in [0.25, 0.3) is 0 Å². The molecule has 0 radical (unpaired) electrons. The van der Waals surface area contributed by atoms with Crippen molar-refractivity contribution in [3.05, 3.63) is 175 Å². The SMILES string of the molecule is [2H]C([2H])([2H])c1ccc(-c2nc(-c3ccccc3)nc(-c3cccc(-n4c5ccccc5c5cc(-n6c7ccccc7c7ccccc76)ccc54)c3)n2)cc1. The topological polar surface area (TPSA) is 48.5 Å². The van der Waals surface area contributed by atoms with Crippen molar-refractivity contribution >= 4 is 43.6 Å². The summed E-state index contributed by atoms with van der Waals surface area (Å²) in [5.74, 6) is 1.53. The summed E-state index contributed by atoms with van der Waals surface area (Å²) in [6.45, 7) is -2.20. The fraction of sp³-hybridized carbons (Fsp3) is 0.0217. The van der Waals surface area contributed by atoms with Crippen molar-refractivity contribution in [3.63, 3.8) is 0 Å². The highest BCUT2D eigenvalue weighted by Crippen LogP contribution is 2.37. The van der Waals surface area contributed by atoms with Gasteiger partial charge < -0.3 is 9.13 Å². The smallest absolute Gasteiger partial charge is 0.164 e. The Labute approximate surface area is 299 Å². The van der Waals surface area contributed by atoms with Crippen LogP contribution in [0.2, 0.25) is 0 Å². The van der Waals surface area contributed by atoms with Crippen LogP contribution in [0.25, 0.3) is 89.2 Å². The van der Waals surface area contributed by atoms with Gasteiger partial charge >= 0.3 is 0 Å². The number of hydrogen-bond donors (Lipinski definition) is 0. The van der Waals surface area contributed by atoms with E-state index in [9.17, 15) is 0 Å². The zero-order chi connectivity index (χ0) is 36.4. The van der Waals surface area contributed by atoms with E-state index in [1.54, 1.807) is 24.3 Å². The summed E-state index contributed by atoms with van der Waals surface area (Å²) >= 11 is 0. The van der Waals surface area contributed by atoms with Gasteiger partial charge in [0.2, 0.25) is 0 Å². The molecule has 0 aliphatic heterocycles. The molecule has 5 heteroatoms. The Balaban J connectivity index is 1.13. The number of para-hydroxylation sites is 3. The van der Waals surface area contributed by atoms with Gasteiger partial charge in [0, 0.05) is 53.7 Å². The lowest BCUT2D eigenvalue weighted by Gasteiger charge is -2.12. The molecule has 0 aliphatic carbocycles. The molecule has 10 aromatic rings. The first-order valence-electron chi connectivity index (χ1n) is 18.5. The molecule has 5 nitrogen and oxygen atoms in total. The Hall–Kier alpha value is -6.85. The predicted octanol–water partition coefficient (Wildman–Crippen LogP) is 11.4. The third-order valence-electron chi connectivity index (χ3n) is 9.67. The van der Waals surface area contributed by atoms with Gasteiger partial charge in [-0.15, -0.1) is 0 Å². The second-order valence-electron chi connectivity index (χ2n) is 12.7. The van der Waals surface area contributed by atoms with Crippen LogP contribution in [0, 0.1) is 6.85 Å². The Morgan fingerprint density at radius 2 is 0.843 bits per heavy atom. The van der Waals surface area contributed by atoms with Crippen LogP contribution in [-0.2, 0) is 0 Å². The third-order valence-corrected chi connectivity index (χ3v) is 9.67. The molecule has 240 valence electrons. The van der Waals surface area contributed by atoms with Crippen molar-refractivity contribution in [1.29, 1.82) is 0 Å². The molecule has 0 spiro atoms. The maximum Gasteiger partial charge on any atom is 0.164 e. The van der Waals surface area contributed by atoms with Crippen molar-refractivity contribution in [1.82, 2.24) is 24.1 Å². The van der Waals surface area contributed by atoms with Gasteiger partial charge in [-0.25, -0.2) is 15.0 Å². The zero-order valence-corrected chi connectivity index (χ0v) is 27.4. The molecular weight excluding hydrogens is 623 g/mol. The quantitative estimate of drug-likeness (QED) is 0.185. The van der Waals surface area contributed by atoms with Crippen molar-refractivity contribution < 1.29 is 4.11 Å². The normalized spacial score (nSPS) is 12.7. The highest BCUT2D eigenvalue weighted by molar-refractivity contribution is 6.12. The van der Waals surface area contributed by atoms with E-state index in [2.05, 4.69) is 112 Å². The van der Waals surface area contributed by atoms with Crippen LogP contribution in [0.1, 0.15) is 9.68 Å². The molecule has 3 heterocycles. The van der Waals surface area contributed by atoms with E-state index >= 15 is 0 Å². The van der Waals surface area contributed by atoms with Crippen molar-refractivity contribution in [2.24, 2.45) is 0 Å². The van der Waals surface area contributed by atoms with Gasteiger partial charge in [0.05, 0.1) is 22.1 Å². The molecule has 7 aromatic carbocycles. The first-order chi connectivity index (χ1) is 26.4. The molecule has 3 aromatic heterocycles. The van der Waals surface area contributed by atoms with Gasteiger partial charge in [-0.05, 0) is 55.4 Å². The minimum Gasteiger partial charge on any atom is -0.309 e. The van der Waals surface area contributed by atoms with Crippen LogP contribution in [0.4, 0.5) is 0 Å². The highest BCUT2D eigenvalue weighted by Gasteiger charge is 2.18. The largest absolute Gasteiger partial charge is 0.309 e. The Kier molecular flexibility index (Phi) is 5.95. The van der Waals surface area contributed by atoms with E-state index in [-0.39, 0.29) is 5.56 Å². The van der Waals surface area contributed by atoms with E-state index in [1.807, 2.05) is 42.5 Å². The second kappa shape index (κ2) is 11.6. The van der Waals surface area contributed by atoms with Crippen LogP contribution in [0.3, 0.4) is 0 Å². The van der Waals surface area contributed by atoms with Crippen LogP contribution in [0.15, 0.2) is 170 Å². The zero-order valence-electron chi connectivity index (χ0n) is 30.4. The van der Waals surface area contributed by atoms with E-state index < -0.39 is 6.85 Å². The van der Waals surface area contributed by atoms with Gasteiger partial charge in [0.15, 0.2) is 17.5 Å². The molecule has 0 fully saturated rings.